The summed E-state index contributed by atoms with van der Waals surface area (Å²) in [7, 11) is -2.52. The number of carbonyl (C=O) groups excluding carboxylic acids is 2. The van der Waals surface area contributed by atoms with Gasteiger partial charge in [-0.1, -0.05) is 54.1 Å². The average Bonchev–Trinajstić information content (AvgIpc) is 3.47. The van der Waals surface area contributed by atoms with Crippen LogP contribution in [0.1, 0.15) is 27.9 Å². The van der Waals surface area contributed by atoms with E-state index in [1.165, 1.54) is 31.4 Å². The van der Waals surface area contributed by atoms with E-state index in [2.05, 4.69) is 20.1 Å². The van der Waals surface area contributed by atoms with Gasteiger partial charge in [0.15, 0.2) is 9.84 Å². The molecular weight excluding hydrogens is 650 g/mol. The number of benzene rings is 3. The number of nitrogens with zero attached hydrogens (tertiary/aromatic N) is 1. The lowest BCUT2D eigenvalue weighted by Gasteiger charge is -2.21. The quantitative estimate of drug-likeness (QED) is 0.0850. The van der Waals surface area contributed by atoms with Crippen LogP contribution in [0, 0.1) is 5.92 Å². The van der Waals surface area contributed by atoms with Crippen molar-refractivity contribution in [3.8, 4) is 0 Å². The molecule has 4 rings (SSSR count). The summed E-state index contributed by atoms with van der Waals surface area (Å²) < 4.78 is 56.6. The fraction of sp³-hybridized carbons (Fsp3) is 0.207. The summed E-state index contributed by atoms with van der Waals surface area (Å²) in [6.07, 6.45) is 0.321. The Bertz CT molecular complexity index is 1700. The molecule has 0 fully saturated rings. The second-order valence-electron chi connectivity index (χ2n) is 9.50. The Kier molecular flexibility index (Phi) is 11.6. The first-order valence-corrected chi connectivity index (χ1v) is 16.9. The molecule has 15 heteroatoms. The third-order valence-electron chi connectivity index (χ3n) is 6.44. The predicted molar refractivity (Wildman–Crippen MR) is 165 cm³/mol. The van der Waals surface area contributed by atoms with Crippen LogP contribution in [0.3, 0.4) is 0 Å². The van der Waals surface area contributed by atoms with E-state index in [1.807, 2.05) is 6.07 Å². The van der Waals surface area contributed by atoms with Crippen molar-refractivity contribution in [2.24, 2.45) is 5.92 Å². The number of esters is 1. The number of rotatable bonds is 14. The number of carbonyl (C=O) groups is 2. The van der Waals surface area contributed by atoms with Crippen molar-refractivity contribution in [3.63, 3.8) is 0 Å². The summed E-state index contributed by atoms with van der Waals surface area (Å²) >= 11 is 4.27. The van der Waals surface area contributed by atoms with Crippen LogP contribution in [0.5, 0.6) is 0 Å². The summed E-state index contributed by atoms with van der Waals surface area (Å²) in [5, 5.41) is 5.29. The highest BCUT2D eigenvalue weighted by atomic mass is 35.5. The highest BCUT2D eigenvalue weighted by molar-refractivity contribution is 7.90. The number of nitrogens with one attached hydrogen (secondary N) is 2. The minimum Gasteiger partial charge on any atom is -0.748 e. The number of thiazole rings is 1. The zero-order valence-corrected chi connectivity index (χ0v) is 26.4. The van der Waals surface area contributed by atoms with Gasteiger partial charge in [0.25, 0.3) is 0 Å². The standard InChI is InChI=1S/C29H28ClN3O8S3/c1-40-29(35)24(15-19-5-3-2-4-6-19)28(34)32-25(16-20-7-11-22(12-8-20)33-41-43(36)37)26-17-42-27(31-26)18-44(38,39)23-13-9-21(30)10-14-23/h2-14,17,24-25,33H,15-16,18H2,1H3,(H,32,34)(H,36,37)/p-1/t24-,25-/m0/s1. The van der Waals surface area contributed by atoms with E-state index in [1.54, 1.807) is 53.9 Å². The van der Waals surface area contributed by atoms with Crippen molar-refractivity contribution in [2.75, 3.05) is 12.6 Å². The molecule has 0 aliphatic rings. The SMILES string of the molecule is COC(=O)[C@@H](Cc1ccccc1)C(=O)N[C@@H](Cc1ccc(NOS(=O)[O-])cc1)c1csc(CS(=O)(=O)c2ccc(Cl)cc2)n1. The van der Waals surface area contributed by atoms with Crippen LogP contribution in [0.15, 0.2) is 89.1 Å². The molecule has 1 amide bonds. The van der Waals surface area contributed by atoms with E-state index >= 15 is 0 Å². The van der Waals surface area contributed by atoms with Gasteiger partial charge < -0.3 is 14.6 Å². The smallest absolute Gasteiger partial charge is 0.318 e. The number of methoxy groups -OCH3 is 1. The van der Waals surface area contributed by atoms with Gasteiger partial charge in [0.2, 0.25) is 5.91 Å². The number of amides is 1. The zero-order valence-electron chi connectivity index (χ0n) is 23.2. The van der Waals surface area contributed by atoms with E-state index in [-0.39, 0.29) is 23.5 Å². The monoisotopic (exact) mass is 676 g/mol. The number of ether oxygens (including phenoxy) is 1. The molecule has 11 nitrogen and oxygen atoms in total. The molecule has 3 aromatic carbocycles. The Morgan fingerprint density at radius 3 is 2.30 bits per heavy atom. The molecule has 3 atom stereocenters. The lowest BCUT2D eigenvalue weighted by Crippen LogP contribution is -2.40. The minimum absolute atomic E-state index is 0.101. The molecule has 0 aliphatic carbocycles. The molecule has 232 valence electrons. The van der Waals surface area contributed by atoms with Gasteiger partial charge in [-0.15, -0.1) is 11.3 Å². The van der Waals surface area contributed by atoms with Crippen molar-refractivity contribution < 1.29 is 35.8 Å². The fourth-order valence-electron chi connectivity index (χ4n) is 4.24. The number of hydrogen-bond donors (Lipinski definition) is 2. The molecule has 0 bridgehead atoms. The maximum absolute atomic E-state index is 13.5. The summed E-state index contributed by atoms with van der Waals surface area (Å²) in [5.41, 5.74) is 4.55. The highest BCUT2D eigenvalue weighted by Crippen LogP contribution is 2.26. The van der Waals surface area contributed by atoms with Crippen LogP contribution < -0.4 is 10.8 Å². The molecule has 0 saturated carbocycles. The van der Waals surface area contributed by atoms with Crippen molar-refractivity contribution in [3.05, 3.63) is 111 Å². The fourth-order valence-corrected chi connectivity index (χ4v) is 7.01. The first-order valence-electron chi connectivity index (χ1n) is 13.0. The Balaban J connectivity index is 1.59. The summed E-state index contributed by atoms with van der Waals surface area (Å²) in [4.78, 5) is 30.9. The summed E-state index contributed by atoms with van der Waals surface area (Å²) in [6.45, 7) is 0. The molecule has 44 heavy (non-hydrogen) atoms. The number of sulfone groups is 1. The Morgan fingerprint density at radius 1 is 1.00 bits per heavy atom. The van der Waals surface area contributed by atoms with Crippen LogP contribution in [-0.2, 0) is 58.4 Å². The maximum Gasteiger partial charge on any atom is 0.318 e. The predicted octanol–water partition coefficient (Wildman–Crippen LogP) is 4.34. The first-order chi connectivity index (χ1) is 21.0. The van der Waals surface area contributed by atoms with E-state index in [0.717, 1.165) is 22.5 Å². The van der Waals surface area contributed by atoms with E-state index in [9.17, 15) is 26.8 Å². The normalized spacial score (nSPS) is 13.4. The van der Waals surface area contributed by atoms with Gasteiger partial charge >= 0.3 is 5.97 Å². The van der Waals surface area contributed by atoms with E-state index in [4.69, 9.17) is 16.3 Å². The molecule has 2 N–H and O–H groups in total. The Labute approximate surface area is 266 Å². The molecule has 1 unspecified atom stereocenters. The lowest BCUT2D eigenvalue weighted by atomic mass is 9.97. The van der Waals surface area contributed by atoms with Gasteiger partial charge in [-0.3, -0.25) is 15.1 Å². The third kappa shape index (κ3) is 9.42. The van der Waals surface area contributed by atoms with Gasteiger partial charge in [-0.2, -0.15) is 4.28 Å². The van der Waals surface area contributed by atoms with Crippen LogP contribution in [0.4, 0.5) is 5.69 Å². The van der Waals surface area contributed by atoms with Gasteiger partial charge in [0.05, 0.1) is 29.4 Å². The molecule has 1 heterocycles. The van der Waals surface area contributed by atoms with Gasteiger partial charge in [0, 0.05) is 10.4 Å². The molecule has 1 aromatic heterocycles. The second kappa shape index (κ2) is 15.4. The van der Waals surface area contributed by atoms with E-state index < -0.39 is 45.0 Å². The van der Waals surface area contributed by atoms with Crippen molar-refractivity contribution >= 4 is 61.7 Å². The van der Waals surface area contributed by atoms with Crippen LogP contribution in [-0.4, -0.2) is 41.1 Å². The maximum atomic E-state index is 13.5. The first kappa shape index (κ1) is 33.2. The lowest BCUT2D eigenvalue weighted by molar-refractivity contribution is -0.150. The second-order valence-corrected chi connectivity index (χ2v) is 13.4. The Hall–Kier alpha value is -3.66. The summed E-state index contributed by atoms with van der Waals surface area (Å²) in [5.74, 6) is -2.80. The van der Waals surface area contributed by atoms with Gasteiger partial charge in [-0.05, 0) is 60.4 Å². The van der Waals surface area contributed by atoms with Crippen molar-refractivity contribution in [1.29, 1.82) is 0 Å². The number of anilines is 1. The summed E-state index contributed by atoms with van der Waals surface area (Å²) in [6, 6.07) is 20.7. The largest absolute Gasteiger partial charge is 0.748 e. The van der Waals surface area contributed by atoms with Crippen molar-refractivity contribution in [2.45, 2.75) is 29.5 Å². The molecule has 0 radical (unpaired) electrons. The van der Waals surface area contributed by atoms with Gasteiger partial charge in [0.1, 0.15) is 28.0 Å². The third-order valence-corrected chi connectivity index (χ3v) is 9.60. The Morgan fingerprint density at radius 2 is 1.66 bits per heavy atom. The topological polar surface area (TPSA) is 164 Å². The number of hydrogen-bond acceptors (Lipinski definition) is 11. The molecule has 0 spiro atoms. The molecule has 0 aliphatic heterocycles. The average molecular weight is 677 g/mol. The molecule has 0 saturated heterocycles. The number of halogens is 1. The highest BCUT2D eigenvalue weighted by Gasteiger charge is 2.31. The molecule has 4 aromatic rings. The number of aromatic nitrogens is 1. The molecular formula is C29H27ClN3O8S3-. The van der Waals surface area contributed by atoms with Crippen LogP contribution in [0.2, 0.25) is 5.02 Å². The van der Waals surface area contributed by atoms with Gasteiger partial charge in [-0.25, -0.2) is 17.6 Å². The van der Waals surface area contributed by atoms with Crippen LogP contribution >= 0.6 is 22.9 Å². The van der Waals surface area contributed by atoms with E-state index in [0.29, 0.717) is 21.4 Å². The zero-order chi connectivity index (χ0) is 31.7. The van der Waals surface area contributed by atoms with Crippen molar-refractivity contribution in [1.82, 2.24) is 10.3 Å². The van der Waals surface area contributed by atoms with Crippen LogP contribution in [0.25, 0.3) is 0 Å². The minimum atomic E-state index is -3.73.